The van der Waals surface area contributed by atoms with Gasteiger partial charge in [-0.05, 0) is 31.4 Å². The third kappa shape index (κ3) is 3.51. The lowest BCUT2D eigenvalue weighted by Crippen LogP contribution is -2.28. The van der Waals surface area contributed by atoms with Gasteiger partial charge in [-0.25, -0.2) is 0 Å². The van der Waals surface area contributed by atoms with Crippen molar-refractivity contribution in [1.29, 1.82) is 0 Å². The summed E-state index contributed by atoms with van der Waals surface area (Å²) in [5, 5.41) is 4.15. The van der Waals surface area contributed by atoms with E-state index in [-0.39, 0.29) is 0 Å². The van der Waals surface area contributed by atoms with Gasteiger partial charge in [0, 0.05) is 24.4 Å². The highest BCUT2D eigenvalue weighted by Gasteiger charge is 2.28. The number of nitrogens with two attached hydrogens (primary N) is 1. The number of hydrogen-bond donors (Lipinski definition) is 2. The number of rotatable bonds is 5. The van der Waals surface area contributed by atoms with Crippen LogP contribution in [0.25, 0.3) is 0 Å². The first-order valence-electron chi connectivity index (χ1n) is 7.91. The third-order valence-electron chi connectivity index (χ3n) is 4.18. The summed E-state index contributed by atoms with van der Waals surface area (Å²) in [5.74, 6) is 2.83. The van der Waals surface area contributed by atoms with Crippen LogP contribution in [0.3, 0.4) is 0 Å². The highest BCUT2D eigenvalue weighted by atomic mass is 32.2. The van der Waals surface area contributed by atoms with Crippen LogP contribution in [0.5, 0.6) is 0 Å². The van der Waals surface area contributed by atoms with Crippen LogP contribution in [-0.4, -0.2) is 45.1 Å². The van der Waals surface area contributed by atoms with E-state index >= 15 is 0 Å². The van der Waals surface area contributed by atoms with Crippen molar-refractivity contribution in [2.75, 3.05) is 34.8 Å². The minimum Gasteiger partial charge on any atom is -0.368 e. The molecule has 1 saturated carbocycles. The van der Waals surface area contributed by atoms with Crippen LogP contribution in [0.15, 0.2) is 0 Å². The Labute approximate surface area is 130 Å². The molecule has 3 N–H and O–H groups in total. The molecule has 116 valence electrons. The molecule has 2 fully saturated rings. The maximum absolute atomic E-state index is 5.86. The topological polar surface area (TPSA) is 80.0 Å². The molecule has 6 nitrogen and oxygen atoms in total. The van der Waals surface area contributed by atoms with Crippen molar-refractivity contribution in [3.8, 4) is 0 Å². The van der Waals surface area contributed by atoms with Gasteiger partial charge in [0.25, 0.3) is 0 Å². The van der Waals surface area contributed by atoms with E-state index < -0.39 is 0 Å². The smallest absolute Gasteiger partial charge is 0.231 e. The van der Waals surface area contributed by atoms with Gasteiger partial charge in [0.15, 0.2) is 0 Å². The first kappa shape index (κ1) is 14.7. The minimum absolute atomic E-state index is 0.312. The summed E-state index contributed by atoms with van der Waals surface area (Å²) in [6.45, 7) is 4.24. The highest BCUT2D eigenvalue weighted by molar-refractivity contribution is 7.99. The summed E-state index contributed by atoms with van der Waals surface area (Å²) in [7, 11) is 0. The summed E-state index contributed by atoms with van der Waals surface area (Å²) in [5.41, 5.74) is 5.86. The zero-order valence-electron chi connectivity index (χ0n) is 12.6. The molecule has 0 radical (unpaired) electrons. The molecule has 0 amide bonds. The first-order chi connectivity index (χ1) is 10.3. The van der Waals surface area contributed by atoms with E-state index in [0.29, 0.717) is 23.2 Å². The standard InChI is InChI=1S/C14H24N6S/c1-2-21-11-7-5-6-10(11)16-13-17-12(15)18-14(19-13)20-8-3-4-9-20/h10-11H,2-9H2,1H3,(H3,15,16,17,18,19). The van der Waals surface area contributed by atoms with E-state index in [9.17, 15) is 0 Å². The Bertz CT molecular complexity index is 477. The zero-order chi connectivity index (χ0) is 14.7. The van der Waals surface area contributed by atoms with E-state index in [4.69, 9.17) is 5.73 Å². The van der Waals surface area contributed by atoms with Crippen LogP contribution in [0.2, 0.25) is 0 Å². The van der Waals surface area contributed by atoms with Gasteiger partial charge in [-0.15, -0.1) is 0 Å². The molecule has 0 spiro atoms. The number of anilines is 3. The molecule has 1 saturated heterocycles. The molecule has 2 atom stereocenters. The van der Waals surface area contributed by atoms with Crippen molar-refractivity contribution in [2.45, 2.75) is 50.3 Å². The van der Waals surface area contributed by atoms with Gasteiger partial charge >= 0.3 is 0 Å². The molecule has 2 unspecified atom stereocenters. The van der Waals surface area contributed by atoms with Gasteiger partial charge in [-0.1, -0.05) is 13.3 Å². The Balaban J connectivity index is 1.72. The molecule has 0 bridgehead atoms. The van der Waals surface area contributed by atoms with Gasteiger partial charge in [-0.2, -0.15) is 26.7 Å². The lowest BCUT2D eigenvalue weighted by Gasteiger charge is -2.21. The lowest BCUT2D eigenvalue weighted by molar-refractivity contribution is 0.751. The van der Waals surface area contributed by atoms with Crippen molar-refractivity contribution in [2.24, 2.45) is 0 Å². The van der Waals surface area contributed by atoms with Crippen LogP contribution < -0.4 is 16.0 Å². The normalized spacial score (nSPS) is 25.5. The van der Waals surface area contributed by atoms with Gasteiger partial charge in [-0.3, -0.25) is 0 Å². The second-order valence-corrected chi connectivity index (χ2v) is 7.20. The molecule has 2 heterocycles. The molecule has 1 aliphatic heterocycles. The van der Waals surface area contributed by atoms with Crippen molar-refractivity contribution >= 4 is 29.6 Å². The van der Waals surface area contributed by atoms with Crippen molar-refractivity contribution in [3.63, 3.8) is 0 Å². The van der Waals surface area contributed by atoms with E-state index in [1.165, 1.54) is 32.1 Å². The van der Waals surface area contributed by atoms with Gasteiger partial charge in [0.05, 0.1) is 0 Å². The molecule has 1 aromatic heterocycles. The summed E-state index contributed by atoms with van der Waals surface area (Å²) in [6, 6.07) is 0.447. The maximum Gasteiger partial charge on any atom is 0.231 e. The summed E-state index contributed by atoms with van der Waals surface area (Å²) >= 11 is 2.02. The largest absolute Gasteiger partial charge is 0.368 e. The van der Waals surface area contributed by atoms with Gasteiger partial charge in [0.1, 0.15) is 0 Å². The third-order valence-corrected chi connectivity index (χ3v) is 5.50. The Kier molecular flexibility index (Phi) is 4.67. The lowest BCUT2D eigenvalue weighted by atomic mass is 10.2. The Morgan fingerprint density at radius 2 is 2.00 bits per heavy atom. The van der Waals surface area contributed by atoms with E-state index in [0.717, 1.165) is 24.8 Å². The maximum atomic E-state index is 5.86. The quantitative estimate of drug-likeness (QED) is 0.862. The average molecular weight is 308 g/mol. The summed E-state index contributed by atoms with van der Waals surface area (Å²) < 4.78 is 0. The predicted molar refractivity (Wildman–Crippen MR) is 88.9 cm³/mol. The first-order valence-corrected chi connectivity index (χ1v) is 8.96. The Hall–Kier alpha value is -1.24. The summed E-state index contributed by atoms with van der Waals surface area (Å²) in [4.78, 5) is 15.3. The van der Waals surface area contributed by atoms with E-state index in [1.807, 2.05) is 11.8 Å². The Morgan fingerprint density at radius 3 is 2.76 bits per heavy atom. The SMILES string of the molecule is CCSC1CCCC1Nc1nc(N)nc(N2CCCC2)n1. The number of aromatic nitrogens is 3. The predicted octanol–water partition coefficient (Wildman–Crippen LogP) is 2.14. The molecule has 7 heteroatoms. The monoisotopic (exact) mass is 308 g/mol. The molecule has 21 heavy (non-hydrogen) atoms. The molecule has 1 aromatic rings. The number of nitrogens with one attached hydrogen (secondary N) is 1. The second-order valence-electron chi connectivity index (χ2n) is 5.69. The highest BCUT2D eigenvalue weighted by Crippen LogP contribution is 2.31. The van der Waals surface area contributed by atoms with Crippen LogP contribution in [0, 0.1) is 0 Å². The zero-order valence-corrected chi connectivity index (χ0v) is 13.4. The molecule has 2 aliphatic rings. The number of thioether (sulfide) groups is 1. The summed E-state index contributed by atoms with van der Waals surface area (Å²) in [6.07, 6.45) is 6.13. The van der Waals surface area contributed by atoms with Crippen LogP contribution >= 0.6 is 11.8 Å². The molecular weight excluding hydrogens is 284 g/mol. The van der Waals surface area contributed by atoms with Crippen LogP contribution in [-0.2, 0) is 0 Å². The van der Waals surface area contributed by atoms with E-state index in [1.54, 1.807) is 0 Å². The van der Waals surface area contributed by atoms with Gasteiger partial charge < -0.3 is 16.0 Å². The van der Waals surface area contributed by atoms with Crippen LogP contribution in [0.4, 0.5) is 17.8 Å². The van der Waals surface area contributed by atoms with Crippen molar-refractivity contribution in [3.05, 3.63) is 0 Å². The number of nitrogens with zero attached hydrogens (tertiary/aromatic N) is 4. The van der Waals surface area contributed by atoms with Crippen molar-refractivity contribution in [1.82, 2.24) is 15.0 Å². The average Bonchev–Trinajstić information content (AvgIpc) is 3.11. The molecule has 3 rings (SSSR count). The molecule has 1 aliphatic carbocycles. The Morgan fingerprint density at radius 1 is 1.19 bits per heavy atom. The fourth-order valence-corrected chi connectivity index (χ4v) is 4.37. The van der Waals surface area contributed by atoms with Gasteiger partial charge in [0.2, 0.25) is 17.8 Å². The van der Waals surface area contributed by atoms with Crippen molar-refractivity contribution < 1.29 is 0 Å². The minimum atomic E-state index is 0.312. The fourth-order valence-electron chi connectivity index (χ4n) is 3.17. The fraction of sp³-hybridized carbons (Fsp3) is 0.786. The van der Waals surface area contributed by atoms with Crippen LogP contribution in [0.1, 0.15) is 39.0 Å². The number of hydrogen-bond acceptors (Lipinski definition) is 7. The molecular formula is C14H24N6S. The second kappa shape index (κ2) is 6.68. The number of nitrogen functional groups attached to an aromatic ring is 1. The molecule has 0 aromatic carbocycles. The van der Waals surface area contributed by atoms with E-state index in [2.05, 4.69) is 32.1 Å².